The molecule has 2 amide bonds. The molecule has 43 heavy (non-hydrogen) atoms. The van der Waals surface area contributed by atoms with Gasteiger partial charge in [0.1, 0.15) is 0 Å². The number of nitriles is 1. The van der Waals surface area contributed by atoms with Crippen LogP contribution >= 0.6 is 11.6 Å². The first kappa shape index (κ1) is 35.0. The summed E-state index contributed by atoms with van der Waals surface area (Å²) in [6, 6.07) is 11.2. The molecule has 0 aliphatic carbocycles. The Bertz CT molecular complexity index is 1410. The Labute approximate surface area is 257 Å². The molecule has 0 bridgehead atoms. The molecule has 3 rings (SSSR count). The number of nitrogens with one attached hydrogen (secondary N) is 2. The number of likely N-dealkylation sites (tertiary alicyclic amines) is 1. The fourth-order valence-corrected chi connectivity index (χ4v) is 5.14. The topological polar surface area (TPSA) is 124 Å². The molecular weight excluding hydrogens is 573 g/mol. The summed E-state index contributed by atoms with van der Waals surface area (Å²) in [6.45, 7) is 10.4. The molecule has 0 aromatic heterocycles. The van der Waals surface area contributed by atoms with Gasteiger partial charge in [0, 0.05) is 23.7 Å². The molecule has 1 fully saturated rings. The highest BCUT2D eigenvalue weighted by Crippen LogP contribution is 2.43. The highest BCUT2D eigenvalue weighted by molar-refractivity contribution is 6.30. The van der Waals surface area contributed by atoms with Crippen LogP contribution in [0.5, 0.6) is 5.75 Å². The second-order valence-corrected chi connectivity index (χ2v) is 10.8. The summed E-state index contributed by atoms with van der Waals surface area (Å²) in [7, 11) is 1.59. The number of ether oxygens (including phenoxy) is 1. The Hall–Kier alpha value is -4.23. The van der Waals surface area contributed by atoms with E-state index >= 15 is 0 Å². The van der Waals surface area contributed by atoms with Crippen molar-refractivity contribution in [2.24, 2.45) is 10.5 Å². The summed E-state index contributed by atoms with van der Waals surface area (Å²) in [5.41, 5.74) is 3.28. The van der Waals surface area contributed by atoms with Crippen LogP contribution in [0.15, 0.2) is 53.3 Å². The van der Waals surface area contributed by atoms with Crippen molar-refractivity contribution in [3.05, 3.63) is 75.8 Å². The van der Waals surface area contributed by atoms with Gasteiger partial charge in [0.25, 0.3) is 5.91 Å². The summed E-state index contributed by atoms with van der Waals surface area (Å²) in [6.07, 6.45) is 3.01. The first-order valence-corrected chi connectivity index (χ1v) is 14.4. The minimum absolute atomic E-state index is 0.0218. The Kier molecular flexibility index (Phi) is 12.9. The van der Waals surface area contributed by atoms with Gasteiger partial charge in [-0.05, 0) is 75.9 Å². The van der Waals surface area contributed by atoms with Gasteiger partial charge in [-0.2, -0.15) is 10.4 Å². The van der Waals surface area contributed by atoms with Gasteiger partial charge >= 0.3 is 0 Å². The number of allylic oxidation sites excluding steroid dienone is 2. The fourth-order valence-electron chi connectivity index (χ4n) is 4.94. The van der Waals surface area contributed by atoms with Crippen molar-refractivity contribution >= 4 is 35.4 Å². The van der Waals surface area contributed by atoms with Crippen molar-refractivity contribution in [1.29, 1.82) is 5.26 Å². The highest BCUT2D eigenvalue weighted by atomic mass is 35.5. The van der Waals surface area contributed by atoms with Gasteiger partial charge in [-0.1, -0.05) is 37.6 Å². The average molecular weight is 612 g/mol. The van der Waals surface area contributed by atoms with Gasteiger partial charge in [-0.3, -0.25) is 14.4 Å². The number of hydrogen-bond donors (Lipinski definition) is 2. The number of halogens is 2. The number of benzene rings is 2. The maximum absolute atomic E-state index is 15.0. The Morgan fingerprint density at radius 1 is 1.26 bits per heavy atom. The minimum Gasteiger partial charge on any atom is -0.450 e. The molecule has 2 aromatic rings. The van der Waals surface area contributed by atoms with Crippen molar-refractivity contribution in [2.45, 2.75) is 66.5 Å². The number of hydrazone groups is 1. The van der Waals surface area contributed by atoms with E-state index in [1.54, 1.807) is 50.9 Å². The SMILES string of the molecule is CC.CN/N=C(C)\C=C(/C=O)Oc1c(C)cc(C(=O)NCC(=O)N2C(c3cccc(Cl)c3)CCC2C(C)(C)C#N)cc1F. The maximum atomic E-state index is 15.0. The van der Waals surface area contributed by atoms with E-state index in [-0.39, 0.29) is 47.2 Å². The molecule has 2 N–H and O–H groups in total. The quantitative estimate of drug-likeness (QED) is 0.114. The van der Waals surface area contributed by atoms with E-state index in [1.807, 2.05) is 19.9 Å². The molecular formula is C32H39ClFN5O4. The normalized spacial score (nSPS) is 16.9. The molecule has 1 heterocycles. The standard InChI is InChI=1S/C30H33ClFN5O4.C2H6/c1-18-11-21(14-24(32)28(18)41-23(16-38)12-19(2)36-34-5)29(40)35-15-27(39)37-25(20-7-6-8-22(31)13-20)9-10-26(37)30(3,4)17-33;1-2/h6-8,11-14,16,25-26,34H,9-10,15H2,1-5H3,(H,35,40);1-2H3/b23-12+,36-19-;. The second kappa shape index (κ2) is 15.8. The lowest BCUT2D eigenvalue weighted by molar-refractivity contribution is -0.134. The van der Waals surface area contributed by atoms with Crippen molar-refractivity contribution in [3.63, 3.8) is 0 Å². The predicted molar refractivity (Wildman–Crippen MR) is 165 cm³/mol. The lowest BCUT2D eigenvalue weighted by atomic mass is 9.84. The van der Waals surface area contributed by atoms with Crippen LogP contribution in [-0.4, -0.2) is 48.3 Å². The van der Waals surface area contributed by atoms with Crippen LogP contribution in [0.4, 0.5) is 4.39 Å². The van der Waals surface area contributed by atoms with Gasteiger partial charge in [0.15, 0.2) is 23.6 Å². The number of aldehydes is 1. The maximum Gasteiger partial charge on any atom is 0.251 e. The van der Waals surface area contributed by atoms with Crippen LogP contribution in [0.2, 0.25) is 5.02 Å². The molecule has 1 saturated heterocycles. The zero-order chi connectivity index (χ0) is 32.3. The second-order valence-electron chi connectivity index (χ2n) is 10.3. The molecule has 0 saturated carbocycles. The summed E-state index contributed by atoms with van der Waals surface area (Å²) < 4.78 is 20.4. The Morgan fingerprint density at radius 2 is 1.95 bits per heavy atom. The number of aryl methyl sites for hydroxylation is 1. The average Bonchev–Trinajstić information content (AvgIpc) is 3.44. The Balaban J connectivity index is 0.00000316. The van der Waals surface area contributed by atoms with Crippen molar-refractivity contribution in [1.82, 2.24) is 15.6 Å². The lowest BCUT2D eigenvalue weighted by Crippen LogP contribution is -2.48. The zero-order valence-corrected chi connectivity index (χ0v) is 26.4. The molecule has 2 unspecified atom stereocenters. The molecule has 1 aliphatic rings. The predicted octanol–water partition coefficient (Wildman–Crippen LogP) is 5.88. The van der Waals surface area contributed by atoms with Crippen molar-refractivity contribution in [2.75, 3.05) is 13.6 Å². The third-order valence-corrected chi connectivity index (χ3v) is 7.13. The number of rotatable bonds is 10. The number of nitrogens with zero attached hydrogens (tertiary/aromatic N) is 3. The number of hydrogen-bond acceptors (Lipinski definition) is 7. The monoisotopic (exact) mass is 611 g/mol. The molecule has 1 aliphatic heterocycles. The van der Waals surface area contributed by atoms with Crippen molar-refractivity contribution < 1.29 is 23.5 Å². The van der Waals surface area contributed by atoms with Crippen LogP contribution in [-0.2, 0) is 9.59 Å². The fraction of sp³-hybridized carbons (Fsp3) is 0.406. The molecule has 11 heteroatoms. The summed E-state index contributed by atoms with van der Waals surface area (Å²) in [4.78, 5) is 39.6. The van der Waals surface area contributed by atoms with Gasteiger partial charge in [-0.15, -0.1) is 0 Å². The van der Waals surface area contributed by atoms with Crippen LogP contribution in [0.25, 0.3) is 0 Å². The van der Waals surface area contributed by atoms with E-state index in [0.717, 1.165) is 11.6 Å². The first-order valence-electron chi connectivity index (χ1n) is 14.0. The van der Waals surface area contributed by atoms with E-state index in [0.29, 0.717) is 29.9 Å². The minimum atomic E-state index is -0.853. The third kappa shape index (κ3) is 8.88. The molecule has 0 spiro atoms. The molecule has 2 aromatic carbocycles. The molecule has 0 radical (unpaired) electrons. The van der Waals surface area contributed by atoms with E-state index < -0.39 is 17.1 Å². The molecule has 230 valence electrons. The number of amides is 2. The van der Waals surface area contributed by atoms with E-state index in [9.17, 15) is 24.0 Å². The zero-order valence-electron chi connectivity index (χ0n) is 25.6. The van der Waals surface area contributed by atoms with Crippen molar-refractivity contribution in [3.8, 4) is 11.8 Å². The van der Waals surface area contributed by atoms with Crippen LogP contribution in [0.3, 0.4) is 0 Å². The number of carbonyl (C=O) groups is 3. The van der Waals surface area contributed by atoms with E-state index in [2.05, 4.69) is 21.9 Å². The smallest absolute Gasteiger partial charge is 0.251 e. The summed E-state index contributed by atoms with van der Waals surface area (Å²) in [5, 5.41) is 16.8. The van der Waals surface area contributed by atoms with Gasteiger partial charge in [-0.25, -0.2) is 4.39 Å². The Morgan fingerprint density at radius 3 is 2.53 bits per heavy atom. The first-order chi connectivity index (χ1) is 20.4. The van der Waals surface area contributed by atoms with E-state index in [4.69, 9.17) is 16.3 Å². The van der Waals surface area contributed by atoms with Gasteiger partial charge in [0.05, 0.1) is 35.8 Å². The van der Waals surface area contributed by atoms with Crippen LogP contribution in [0, 0.1) is 29.5 Å². The summed E-state index contributed by atoms with van der Waals surface area (Å²) in [5.74, 6) is -2.26. The largest absolute Gasteiger partial charge is 0.450 e. The third-order valence-electron chi connectivity index (χ3n) is 6.89. The van der Waals surface area contributed by atoms with Crippen LogP contribution < -0.4 is 15.5 Å². The lowest BCUT2D eigenvalue weighted by Gasteiger charge is -2.36. The molecule has 2 atom stereocenters. The van der Waals surface area contributed by atoms with Gasteiger partial charge < -0.3 is 20.4 Å². The van der Waals surface area contributed by atoms with Gasteiger partial charge in [0.2, 0.25) is 5.91 Å². The highest BCUT2D eigenvalue weighted by Gasteiger charge is 2.45. The van der Waals surface area contributed by atoms with E-state index in [1.165, 1.54) is 19.1 Å². The number of carbonyl (C=O) groups excluding carboxylic acids is 3. The van der Waals surface area contributed by atoms with Crippen LogP contribution in [0.1, 0.15) is 75.0 Å². The molecule has 9 nitrogen and oxygen atoms in total. The summed E-state index contributed by atoms with van der Waals surface area (Å²) >= 11 is 6.20.